The van der Waals surface area contributed by atoms with Crippen LogP contribution in [0.5, 0.6) is 0 Å². The lowest BCUT2D eigenvalue weighted by Gasteiger charge is -2.06. The predicted molar refractivity (Wildman–Crippen MR) is 80.2 cm³/mol. The van der Waals surface area contributed by atoms with Gasteiger partial charge in [0, 0.05) is 6.61 Å². The molecule has 0 fully saturated rings. The maximum Gasteiger partial charge on any atom is 0.0770 e. The van der Waals surface area contributed by atoms with Crippen molar-refractivity contribution in [2.24, 2.45) is 0 Å². The summed E-state index contributed by atoms with van der Waals surface area (Å²) in [5.41, 5.74) is 0. The average molecular weight is 274 g/mol. The van der Waals surface area contributed by atoms with Crippen LogP contribution in [-0.2, 0) is 0 Å². The molecule has 0 aliphatic rings. The Kier molecular flexibility index (Phi) is 15.8. The molecule has 0 spiro atoms. The Morgan fingerprint density at radius 3 is 1.26 bits per heavy atom. The number of rotatable bonds is 15. The number of unbranched alkanes of at least 4 members (excludes halogenated alkanes) is 11. The molecular formula is C16H34O3. The van der Waals surface area contributed by atoms with E-state index in [-0.39, 0.29) is 6.61 Å². The second-order valence-corrected chi connectivity index (χ2v) is 5.59. The molecule has 1 unspecified atom stereocenters. The van der Waals surface area contributed by atoms with Crippen LogP contribution < -0.4 is 0 Å². The third kappa shape index (κ3) is 15.8. The zero-order chi connectivity index (χ0) is 14.2. The summed E-state index contributed by atoms with van der Waals surface area (Å²) in [6.45, 7) is 0.244. The van der Waals surface area contributed by atoms with Crippen molar-refractivity contribution in [2.45, 2.75) is 89.6 Å². The summed E-state index contributed by atoms with van der Waals surface area (Å²) in [6.07, 6.45) is 15.1. The fraction of sp³-hybridized carbons (Fsp3) is 1.00. The molecule has 0 aromatic rings. The van der Waals surface area contributed by atoms with E-state index in [1.807, 2.05) is 0 Å². The second-order valence-electron chi connectivity index (χ2n) is 5.59. The van der Waals surface area contributed by atoms with Crippen LogP contribution in [0, 0.1) is 0 Å². The minimum Gasteiger partial charge on any atom is -0.396 e. The van der Waals surface area contributed by atoms with Gasteiger partial charge in [0.05, 0.1) is 12.7 Å². The number of hydrogen-bond acceptors (Lipinski definition) is 3. The number of aliphatic hydroxyl groups is 3. The Bertz CT molecular complexity index is 162. The molecule has 0 heterocycles. The molecule has 0 radical (unpaired) electrons. The number of aliphatic hydroxyl groups excluding tert-OH is 3. The van der Waals surface area contributed by atoms with Crippen LogP contribution in [-0.4, -0.2) is 34.6 Å². The van der Waals surface area contributed by atoms with Crippen molar-refractivity contribution in [2.75, 3.05) is 13.2 Å². The van der Waals surface area contributed by atoms with E-state index in [9.17, 15) is 5.11 Å². The molecule has 0 saturated heterocycles. The Morgan fingerprint density at radius 2 is 0.895 bits per heavy atom. The van der Waals surface area contributed by atoms with E-state index < -0.39 is 6.10 Å². The van der Waals surface area contributed by atoms with Crippen molar-refractivity contribution in [1.29, 1.82) is 0 Å². The molecule has 116 valence electrons. The zero-order valence-electron chi connectivity index (χ0n) is 12.5. The van der Waals surface area contributed by atoms with Crippen molar-refractivity contribution in [1.82, 2.24) is 0 Å². The Morgan fingerprint density at radius 1 is 0.526 bits per heavy atom. The quantitative estimate of drug-likeness (QED) is 0.401. The Balaban J connectivity index is 2.95. The highest BCUT2D eigenvalue weighted by atomic mass is 16.3. The maximum absolute atomic E-state index is 9.17. The van der Waals surface area contributed by atoms with Gasteiger partial charge in [-0.2, -0.15) is 0 Å². The molecule has 0 bridgehead atoms. The zero-order valence-corrected chi connectivity index (χ0v) is 12.5. The lowest BCUT2D eigenvalue weighted by atomic mass is 10.0. The van der Waals surface area contributed by atoms with E-state index in [2.05, 4.69) is 0 Å². The molecule has 3 N–H and O–H groups in total. The summed E-state index contributed by atoms with van der Waals surface area (Å²) in [4.78, 5) is 0. The van der Waals surface area contributed by atoms with Gasteiger partial charge in [-0.25, -0.2) is 0 Å². The average Bonchev–Trinajstić information content (AvgIpc) is 2.43. The van der Waals surface area contributed by atoms with Gasteiger partial charge in [-0.15, -0.1) is 0 Å². The summed E-state index contributed by atoms with van der Waals surface area (Å²) in [6, 6.07) is 0. The first-order valence-corrected chi connectivity index (χ1v) is 8.21. The summed E-state index contributed by atoms with van der Waals surface area (Å²) < 4.78 is 0. The first kappa shape index (κ1) is 18.9. The van der Waals surface area contributed by atoms with E-state index in [1.165, 1.54) is 64.2 Å². The van der Waals surface area contributed by atoms with Crippen LogP contribution in [0.1, 0.15) is 83.5 Å². The summed E-state index contributed by atoms with van der Waals surface area (Å²) in [5, 5.41) is 26.5. The molecule has 3 heteroatoms. The fourth-order valence-electron chi connectivity index (χ4n) is 2.35. The summed E-state index contributed by atoms with van der Waals surface area (Å²) in [7, 11) is 0. The fourth-order valence-corrected chi connectivity index (χ4v) is 2.35. The third-order valence-electron chi connectivity index (χ3n) is 3.66. The van der Waals surface area contributed by atoms with Crippen LogP contribution in [0.2, 0.25) is 0 Å². The van der Waals surface area contributed by atoms with Gasteiger partial charge in [0.25, 0.3) is 0 Å². The van der Waals surface area contributed by atoms with Gasteiger partial charge >= 0.3 is 0 Å². The highest BCUT2D eigenvalue weighted by Crippen LogP contribution is 2.12. The first-order valence-electron chi connectivity index (χ1n) is 8.21. The van der Waals surface area contributed by atoms with Crippen molar-refractivity contribution < 1.29 is 15.3 Å². The maximum atomic E-state index is 9.17. The minimum absolute atomic E-state index is 0.0989. The highest BCUT2D eigenvalue weighted by Gasteiger charge is 2.00. The normalized spacial score (nSPS) is 12.8. The van der Waals surface area contributed by atoms with E-state index in [0.29, 0.717) is 6.61 Å². The first-order chi connectivity index (χ1) is 9.31. The summed E-state index contributed by atoms with van der Waals surface area (Å²) >= 11 is 0. The van der Waals surface area contributed by atoms with E-state index in [0.717, 1.165) is 19.3 Å². The van der Waals surface area contributed by atoms with Gasteiger partial charge in [-0.1, -0.05) is 70.6 Å². The van der Waals surface area contributed by atoms with Crippen molar-refractivity contribution in [3.05, 3.63) is 0 Å². The molecule has 0 aliphatic carbocycles. The predicted octanol–water partition coefficient (Wildman–Crippen LogP) is 3.40. The lowest BCUT2D eigenvalue weighted by molar-refractivity contribution is 0.0860. The number of hydrogen-bond donors (Lipinski definition) is 3. The molecule has 0 aromatic carbocycles. The molecule has 0 rings (SSSR count). The van der Waals surface area contributed by atoms with Gasteiger partial charge in [-0.05, 0) is 12.8 Å². The topological polar surface area (TPSA) is 60.7 Å². The van der Waals surface area contributed by atoms with Gasteiger partial charge in [0.15, 0.2) is 0 Å². The largest absolute Gasteiger partial charge is 0.396 e. The summed E-state index contributed by atoms with van der Waals surface area (Å²) in [5.74, 6) is 0. The van der Waals surface area contributed by atoms with Crippen molar-refractivity contribution in [3.8, 4) is 0 Å². The van der Waals surface area contributed by atoms with Crippen LogP contribution in [0.3, 0.4) is 0 Å². The van der Waals surface area contributed by atoms with Crippen molar-refractivity contribution >= 4 is 0 Å². The Hall–Kier alpha value is -0.120. The van der Waals surface area contributed by atoms with E-state index in [1.54, 1.807) is 0 Å². The van der Waals surface area contributed by atoms with Gasteiger partial charge in [0.1, 0.15) is 0 Å². The van der Waals surface area contributed by atoms with Crippen LogP contribution in [0.4, 0.5) is 0 Å². The molecule has 0 aliphatic heterocycles. The van der Waals surface area contributed by atoms with Crippen LogP contribution in [0.25, 0.3) is 0 Å². The monoisotopic (exact) mass is 274 g/mol. The molecule has 0 aromatic heterocycles. The third-order valence-corrected chi connectivity index (χ3v) is 3.66. The second kappa shape index (κ2) is 15.9. The van der Waals surface area contributed by atoms with Gasteiger partial charge < -0.3 is 15.3 Å². The standard InChI is InChI=1S/C16H34O3/c17-14-12-10-8-6-4-2-1-3-5-7-9-11-13-16(19)15-18/h16-19H,1-15H2. The molecule has 1 atom stereocenters. The van der Waals surface area contributed by atoms with Crippen molar-refractivity contribution in [3.63, 3.8) is 0 Å². The molecule has 0 saturated carbocycles. The minimum atomic E-state index is -0.508. The SMILES string of the molecule is OCCCCCCCCCCCCCCC(O)CO. The molecular weight excluding hydrogens is 240 g/mol. The van der Waals surface area contributed by atoms with E-state index >= 15 is 0 Å². The Labute approximate surface area is 119 Å². The smallest absolute Gasteiger partial charge is 0.0770 e. The van der Waals surface area contributed by atoms with Crippen LogP contribution in [0.15, 0.2) is 0 Å². The highest BCUT2D eigenvalue weighted by molar-refractivity contribution is 4.54. The van der Waals surface area contributed by atoms with E-state index in [4.69, 9.17) is 10.2 Å². The van der Waals surface area contributed by atoms with Crippen LogP contribution >= 0.6 is 0 Å². The van der Waals surface area contributed by atoms with Gasteiger partial charge in [-0.3, -0.25) is 0 Å². The molecule has 0 amide bonds. The molecule has 19 heavy (non-hydrogen) atoms. The lowest BCUT2D eigenvalue weighted by Crippen LogP contribution is -2.10. The van der Waals surface area contributed by atoms with Gasteiger partial charge in [0.2, 0.25) is 0 Å². The molecule has 3 nitrogen and oxygen atoms in total.